The Morgan fingerprint density at radius 3 is 2.71 bits per heavy atom. The second-order valence-electron chi connectivity index (χ2n) is 9.93. The van der Waals surface area contributed by atoms with Crippen molar-refractivity contribution < 1.29 is 23.8 Å². The summed E-state index contributed by atoms with van der Waals surface area (Å²) in [6, 6.07) is 4.95. The third-order valence-corrected chi connectivity index (χ3v) is 5.42. The van der Waals surface area contributed by atoms with Crippen LogP contribution in [0.5, 0.6) is 5.75 Å². The van der Waals surface area contributed by atoms with Crippen molar-refractivity contribution in [2.24, 2.45) is 0 Å². The van der Waals surface area contributed by atoms with Gasteiger partial charge in [0.1, 0.15) is 23.1 Å². The van der Waals surface area contributed by atoms with Gasteiger partial charge in [-0.3, -0.25) is 9.59 Å². The van der Waals surface area contributed by atoms with E-state index in [0.29, 0.717) is 28.2 Å². The van der Waals surface area contributed by atoms with Crippen LogP contribution in [0.25, 0.3) is 5.65 Å². The summed E-state index contributed by atoms with van der Waals surface area (Å²) in [6.07, 6.45) is 3.08. The van der Waals surface area contributed by atoms with Crippen molar-refractivity contribution in [3.05, 3.63) is 53.5 Å². The summed E-state index contributed by atoms with van der Waals surface area (Å²) in [6.45, 7) is 8.20. The lowest BCUT2D eigenvalue weighted by Gasteiger charge is -2.26. The number of nitrogens with one attached hydrogen (secondary N) is 1. The van der Waals surface area contributed by atoms with Gasteiger partial charge in [-0.25, -0.2) is 13.9 Å². The van der Waals surface area contributed by atoms with E-state index >= 15 is 0 Å². The van der Waals surface area contributed by atoms with Gasteiger partial charge in [-0.15, -0.1) is 0 Å². The molecule has 180 valence electrons. The third-order valence-electron chi connectivity index (χ3n) is 5.42. The lowest BCUT2D eigenvalue weighted by molar-refractivity contribution is -0.0159. The van der Waals surface area contributed by atoms with Gasteiger partial charge in [-0.2, -0.15) is 5.10 Å². The topological polar surface area (TPSA) is 109 Å². The Morgan fingerprint density at radius 1 is 1.29 bits per heavy atom. The SMILES string of the molecule is CC(C)(C)Oc1cc2c(cc1NC(=O)c1cnn3cccnc13)CN(C[C@@H](F)C(C)(C)O)C2=O. The molecular formula is C24H28FN5O4. The number of aromatic nitrogens is 3. The minimum absolute atomic E-state index is 0.154. The van der Waals surface area contributed by atoms with Crippen molar-refractivity contribution in [1.29, 1.82) is 0 Å². The number of anilines is 1. The van der Waals surface area contributed by atoms with Crippen LogP contribution in [0.4, 0.5) is 10.1 Å². The highest BCUT2D eigenvalue weighted by Gasteiger charge is 2.35. The van der Waals surface area contributed by atoms with E-state index in [1.807, 2.05) is 20.8 Å². The molecule has 1 aliphatic rings. The van der Waals surface area contributed by atoms with Crippen LogP contribution < -0.4 is 10.1 Å². The van der Waals surface area contributed by atoms with Crippen LogP contribution >= 0.6 is 0 Å². The quantitative estimate of drug-likeness (QED) is 0.574. The third kappa shape index (κ3) is 4.72. The number of rotatable bonds is 6. The molecule has 9 nitrogen and oxygen atoms in total. The van der Waals surface area contributed by atoms with Gasteiger partial charge in [0, 0.05) is 24.5 Å². The monoisotopic (exact) mass is 469 g/mol. The minimum atomic E-state index is -1.61. The van der Waals surface area contributed by atoms with Crippen molar-refractivity contribution in [1.82, 2.24) is 19.5 Å². The molecule has 1 aromatic carbocycles. The van der Waals surface area contributed by atoms with Gasteiger partial charge in [0.05, 0.1) is 24.0 Å². The Bertz CT molecular complexity index is 1260. The average molecular weight is 470 g/mol. The molecule has 0 saturated carbocycles. The molecule has 0 bridgehead atoms. The largest absolute Gasteiger partial charge is 0.486 e. The molecule has 3 aromatic rings. The maximum absolute atomic E-state index is 14.5. The molecule has 2 aromatic heterocycles. The predicted molar refractivity (Wildman–Crippen MR) is 124 cm³/mol. The van der Waals surface area contributed by atoms with Crippen molar-refractivity contribution >= 4 is 23.1 Å². The number of carbonyl (C=O) groups excluding carboxylic acids is 2. The maximum atomic E-state index is 14.5. The van der Waals surface area contributed by atoms with Gasteiger partial charge in [0.25, 0.3) is 11.8 Å². The molecule has 0 saturated heterocycles. The molecular weight excluding hydrogens is 441 g/mol. The predicted octanol–water partition coefficient (Wildman–Crippen LogP) is 3.22. The van der Waals surface area contributed by atoms with E-state index in [9.17, 15) is 19.1 Å². The summed E-state index contributed by atoms with van der Waals surface area (Å²) >= 11 is 0. The normalized spacial score (nSPS) is 14.9. The number of halogens is 1. The van der Waals surface area contributed by atoms with E-state index in [2.05, 4.69) is 15.4 Å². The smallest absolute Gasteiger partial charge is 0.261 e. The number of nitrogens with zero attached hydrogens (tertiary/aromatic N) is 4. The average Bonchev–Trinajstić information content (AvgIpc) is 3.28. The second kappa shape index (κ2) is 8.35. The molecule has 1 atom stereocenters. The van der Waals surface area contributed by atoms with Crippen LogP contribution in [-0.4, -0.2) is 60.3 Å². The van der Waals surface area contributed by atoms with E-state index in [0.717, 1.165) is 0 Å². The fourth-order valence-electron chi connectivity index (χ4n) is 3.66. The zero-order valence-electron chi connectivity index (χ0n) is 19.8. The summed E-state index contributed by atoms with van der Waals surface area (Å²) in [5.41, 5.74) is -0.112. The van der Waals surface area contributed by atoms with Gasteiger partial charge in [0.15, 0.2) is 5.65 Å². The molecule has 10 heteroatoms. The first-order chi connectivity index (χ1) is 15.8. The van der Waals surface area contributed by atoms with E-state index in [4.69, 9.17) is 4.74 Å². The lowest BCUT2D eigenvalue weighted by Crippen LogP contribution is -2.42. The van der Waals surface area contributed by atoms with Gasteiger partial charge in [-0.1, -0.05) is 0 Å². The van der Waals surface area contributed by atoms with Crippen molar-refractivity contribution in [2.75, 3.05) is 11.9 Å². The maximum Gasteiger partial charge on any atom is 0.261 e. The zero-order valence-corrected chi connectivity index (χ0v) is 19.8. The summed E-state index contributed by atoms with van der Waals surface area (Å²) in [4.78, 5) is 31.6. The van der Waals surface area contributed by atoms with Gasteiger partial charge >= 0.3 is 0 Å². The zero-order chi connectivity index (χ0) is 24.8. The van der Waals surface area contributed by atoms with Crippen LogP contribution in [-0.2, 0) is 6.54 Å². The van der Waals surface area contributed by atoms with Crippen LogP contribution in [0.2, 0.25) is 0 Å². The number of hydrogen-bond donors (Lipinski definition) is 2. The number of carbonyl (C=O) groups is 2. The highest BCUT2D eigenvalue weighted by atomic mass is 19.1. The Balaban J connectivity index is 1.66. The standard InChI is InChI=1S/C24H28FN5O4/c1-23(2,3)34-18-10-15-14(12-29(22(15)32)13-19(25)24(4,5)33)9-17(18)28-21(31)16-11-27-30-8-6-7-26-20(16)30/h6-11,19,33H,12-13H2,1-5H3,(H,28,31)/t19-/m1/s1. The van der Waals surface area contributed by atoms with Gasteiger partial charge < -0.3 is 20.1 Å². The van der Waals surface area contributed by atoms with E-state index in [1.54, 1.807) is 30.6 Å². The Hall–Kier alpha value is -3.53. The van der Waals surface area contributed by atoms with E-state index in [1.165, 1.54) is 29.5 Å². The minimum Gasteiger partial charge on any atom is -0.486 e. The Kier molecular flexibility index (Phi) is 5.80. The van der Waals surface area contributed by atoms with Crippen LogP contribution in [0.3, 0.4) is 0 Å². The fraction of sp³-hybridized carbons (Fsp3) is 0.417. The van der Waals surface area contributed by atoms with E-state index < -0.39 is 23.3 Å². The number of ether oxygens (including phenoxy) is 1. The molecule has 0 radical (unpaired) electrons. The van der Waals surface area contributed by atoms with Crippen LogP contribution in [0, 0.1) is 0 Å². The van der Waals surface area contributed by atoms with Crippen molar-refractivity contribution in [3.63, 3.8) is 0 Å². The lowest BCUT2D eigenvalue weighted by atomic mass is 10.0. The molecule has 2 amide bonds. The first-order valence-corrected chi connectivity index (χ1v) is 10.9. The summed E-state index contributed by atoms with van der Waals surface area (Å²) in [5.74, 6) is -0.469. The molecule has 3 heterocycles. The highest BCUT2D eigenvalue weighted by molar-refractivity contribution is 6.09. The number of benzene rings is 1. The summed E-state index contributed by atoms with van der Waals surface area (Å²) < 4.78 is 22.0. The fourth-order valence-corrected chi connectivity index (χ4v) is 3.66. The first kappa shape index (κ1) is 23.6. The highest BCUT2D eigenvalue weighted by Crippen LogP contribution is 2.36. The summed E-state index contributed by atoms with van der Waals surface area (Å²) in [7, 11) is 0. The van der Waals surface area contributed by atoms with Gasteiger partial charge in [-0.05, 0) is 58.4 Å². The Morgan fingerprint density at radius 2 is 2.03 bits per heavy atom. The molecule has 34 heavy (non-hydrogen) atoms. The number of aliphatic hydroxyl groups is 1. The van der Waals surface area contributed by atoms with Gasteiger partial charge in [0.2, 0.25) is 0 Å². The molecule has 1 aliphatic heterocycles. The molecule has 0 aliphatic carbocycles. The number of alkyl halides is 1. The molecule has 0 unspecified atom stereocenters. The number of fused-ring (bicyclic) bond motifs is 2. The number of hydrogen-bond acceptors (Lipinski definition) is 6. The Labute approximate surface area is 196 Å². The summed E-state index contributed by atoms with van der Waals surface area (Å²) in [5, 5.41) is 16.9. The first-order valence-electron chi connectivity index (χ1n) is 10.9. The van der Waals surface area contributed by atoms with E-state index in [-0.39, 0.29) is 24.6 Å². The van der Waals surface area contributed by atoms with Crippen LogP contribution in [0.1, 0.15) is 60.9 Å². The molecule has 0 spiro atoms. The van der Waals surface area contributed by atoms with Crippen molar-refractivity contribution in [3.8, 4) is 5.75 Å². The van der Waals surface area contributed by atoms with Crippen LogP contribution in [0.15, 0.2) is 36.8 Å². The molecule has 4 rings (SSSR count). The molecule has 0 fully saturated rings. The molecule has 2 N–H and O–H groups in total. The second-order valence-corrected chi connectivity index (χ2v) is 9.93. The van der Waals surface area contributed by atoms with Crippen molar-refractivity contribution in [2.45, 2.75) is 58.5 Å². The number of amides is 2.